The Morgan fingerprint density at radius 2 is 1.41 bits per heavy atom. The Labute approximate surface area is 264 Å². The first-order valence-electron chi connectivity index (χ1n) is 14.5. The highest BCUT2D eigenvalue weighted by Crippen LogP contribution is 2.43. The van der Waals surface area contributed by atoms with E-state index in [1.165, 1.54) is 11.8 Å². The highest BCUT2D eigenvalue weighted by Gasteiger charge is 2.27. The third-order valence-corrected chi connectivity index (χ3v) is 8.18. The SMILES string of the molecule is [B]C1CCC(COP(=O)(O)OCCOCCOCCOCCNC(=O)CSCCC(=O)NCCCCCCOP(=O)(O)O)O1. The number of hydrogen-bond acceptors (Lipinski definition) is 12. The van der Waals surface area contributed by atoms with Crippen molar-refractivity contribution in [2.75, 3.05) is 84.1 Å². The molecule has 2 radical (unpaired) electrons. The summed E-state index contributed by atoms with van der Waals surface area (Å²) in [5, 5.41) is 5.54. The molecule has 0 spiro atoms. The molecule has 1 saturated heterocycles. The van der Waals surface area contributed by atoms with Crippen LogP contribution in [0.25, 0.3) is 0 Å². The highest BCUT2D eigenvalue weighted by atomic mass is 32.2. The summed E-state index contributed by atoms with van der Waals surface area (Å²) in [5.74, 6) is 0.531. The smallest absolute Gasteiger partial charge is 0.382 e. The van der Waals surface area contributed by atoms with Gasteiger partial charge in [0, 0.05) is 31.3 Å². The van der Waals surface area contributed by atoms with Crippen molar-refractivity contribution in [3.05, 3.63) is 0 Å². The fourth-order valence-corrected chi connectivity index (χ4v) is 5.41. The lowest BCUT2D eigenvalue weighted by molar-refractivity contribution is -0.121. The van der Waals surface area contributed by atoms with E-state index in [0.29, 0.717) is 71.0 Å². The van der Waals surface area contributed by atoms with Crippen LogP contribution in [-0.2, 0) is 51.2 Å². The van der Waals surface area contributed by atoms with Gasteiger partial charge in [-0.05, 0) is 25.7 Å². The van der Waals surface area contributed by atoms with E-state index < -0.39 is 15.6 Å². The average Bonchev–Trinajstić information content (AvgIpc) is 3.38. The summed E-state index contributed by atoms with van der Waals surface area (Å²) >= 11 is 1.36. The zero-order valence-corrected chi connectivity index (χ0v) is 27.6. The predicted molar refractivity (Wildman–Crippen MR) is 162 cm³/mol. The molecular weight excluding hydrogens is 645 g/mol. The quantitative estimate of drug-likeness (QED) is 0.0418. The van der Waals surface area contributed by atoms with Crippen molar-refractivity contribution in [3.63, 3.8) is 0 Å². The maximum atomic E-state index is 11.9. The van der Waals surface area contributed by atoms with Gasteiger partial charge in [-0.2, -0.15) is 11.8 Å². The van der Waals surface area contributed by atoms with Crippen LogP contribution in [0, 0.1) is 0 Å². The number of hydrogen-bond donors (Lipinski definition) is 5. The van der Waals surface area contributed by atoms with Crippen molar-refractivity contribution in [2.45, 2.75) is 57.1 Å². The Morgan fingerprint density at radius 1 is 0.773 bits per heavy atom. The summed E-state index contributed by atoms with van der Waals surface area (Å²) in [7, 11) is -2.98. The minimum Gasteiger partial charge on any atom is -0.382 e. The normalized spacial score (nSPS) is 18.2. The van der Waals surface area contributed by atoms with E-state index in [0.717, 1.165) is 19.3 Å². The van der Waals surface area contributed by atoms with Gasteiger partial charge in [-0.3, -0.25) is 23.2 Å². The van der Waals surface area contributed by atoms with E-state index >= 15 is 0 Å². The number of amides is 2. The molecule has 0 aliphatic carbocycles. The van der Waals surface area contributed by atoms with Gasteiger partial charge in [-0.15, -0.1) is 0 Å². The van der Waals surface area contributed by atoms with Gasteiger partial charge >= 0.3 is 15.6 Å². The molecule has 3 atom stereocenters. The summed E-state index contributed by atoms with van der Waals surface area (Å²) in [6.45, 7) is 2.38. The molecular formula is C24H47BN2O14P2S. The van der Waals surface area contributed by atoms with Crippen LogP contribution in [-0.4, -0.2) is 131 Å². The molecule has 0 aromatic heterocycles. The Hall–Kier alpha value is -0.585. The molecule has 0 bridgehead atoms. The van der Waals surface area contributed by atoms with Crippen LogP contribution in [0.4, 0.5) is 0 Å². The van der Waals surface area contributed by atoms with E-state index in [1.54, 1.807) is 0 Å². The summed E-state index contributed by atoms with van der Waals surface area (Å²) in [6.07, 6.45) is 4.19. The second kappa shape index (κ2) is 25.5. The Balaban J connectivity index is 1.80. The van der Waals surface area contributed by atoms with E-state index in [4.69, 9.17) is 45.6 Å². The molecule has 1 rings (SSSR count). The van der Waals surface area contributed by atoms with E-state index in [9.17, 15) is 23.6 Å². The first-order valence-corrected chi connectivity index (χ1v) is 18.7. The highest BCUT2D eigenvalue weighted by molar-refractivity contribution is 7.99. The maximum Gasteiger partial charge on any atom is 0.472 e. The largest absolute Gasteiger partial charge is 0.472 e. The van der Waals surface area contributed by atoms with Crippen LogP contribution in [0.2, 0.25) is 0 Å². The number of nitrogens with one attached hydrogen (secondary N) is 2. The first kappa shape index (κ1) is 41.4. The molecule has 1 aliphatic heterocycles. The van der Waals surface area contributed by atoms with Crippen LogP contribution in [0.1, 0.15) is 44.9 Å². The molecule has 1 aliphatic rings. The van der Waals surface area contributed by atoms with Crippen LogP contribution >= 0.6 is 27.4 Å². The number of rotatable bonds is 29. The molecule has 44 heavy (non-hydrogen) atoms. The lowest BCUT2D eigenvalue weighted by Crippen LogP contribution is -2.29. The van der Waals surface area contributed by atoms with Crippen LogP contribution in [0.15, 0.2) is 0 Å². The number of phosphoric acid groups is 2. The minimum atomic E-state index is -4.40. The van der Waals surface area contributed by atoms with E-state index in [-0.39, 0.29) is 62.7 Å². The number of carbonyl (C=O) groups is 2. The second-order valence-electron chi connectivity index (χ2n) is 9.55. The van der Waals surface area contributed by atoms with Gasteiger partial charge in [0.25, 0.3) is 0 Å². The topological polar surface area (TPSA) is 218 Å². The zero-order valence-electron chi connectivity index (χ0n) is 25.0. The summed E-state index contributed by atoms with van der Waals surface area (Å²) < 4.78 is 57.8. The number of carbonyl (C=O) groups excluding carboxylic acids is 2. The molecule has 3 unspecified atom stereocenters. The molecule has 0 saturated carbocycles. The average molecular weight is 692 g/mol. The van der Waals surface area contributed by atoms with E-state index in [1.807, 2.05) is 0 Å². The lowest BCUT2D eigenvalue weighted by atomic mass is 9.97. The summed E-state index contributed by atoms with van der Waals surface area (Å²) in [4.78, 5) is 50.5. The second-order valence-corrected chi connectivity index (χ2v) is 13.3. The van der Waals surface area contributed by atoms with Gasteiger partial charge in [0.1, 0.15) is 7.85 Å². The number of unbranched alkanes of at least 4 members (excludes halogenated alkanes) is 3. The summed E-state index contributed by atoms with van der Waals surface area (Å²) in [5.41, 5.74) is 0. The Kier molecular flexibility index (Phi) is 24.0. The monoisotopic (exact) mass is 692 g/mol. The molecule has 0 aromatic rings. The van der Waals surface area contributed by atoms with Crippen LogP contribution in [0.5, 0.6) is 0 Å². The van der Waals surface area contributed by atoms with Crippen molar-refractivity contribution >= 4 is 47.1 Å². The number of ether oxygens (including phenoxy) is 4. The molecule has 1 fully saturated rings. The maximum absolute atomic E-state index is 11.9. The van der Waals surface area contributed by atoms with Crippen molar-refractivity contribution in [2.24, 2.45) is 0 Å². The molecule has 0 aromatic carbocycles. The molecule has 1 heterocycles. The standard InChI is InChI=1S/C24H47BN2O14P2S/c25-22-6-5-21(41-22)19-40-43(33,34)39-17-16-37-15-14-36-13-12-35-11-9-27-24(29)20-44-18-7-23(28)26-8-3-1-2-4-10-38-42(30,31)32/h21-22H,1-20H2,(H,26,28)(H,27,29)(H,33,34)(H2,30,31,32). The van der Waals surface area contributed by atoms with Crippen LogP contribution in [0.3, 0.4) is 0 Å². The molecule has 2 amide bonds. The van der Waals surface area contributed by atoms with Crippen LogP contribution < -0.4 is 10.6 Å². The van der Waals surface area contributed by atoms with Gasteiger partial charge in [-0.1, -0.05) is 12.8 Å². The van der Waals surface area contributed by atoms with Gasteiger partial charge in [0.05, 0.1) is 71.3 Å². The van der Waals surface area contributed by atoms with Crippen molar-refractivity contribution in [3.8, 4) is 0 Å². The Morgan fingerprint density at radius 3 is 2.07 bits per heavy atom. The molecule has 20 heteroatoms. The number of phosphoric ester groups is 2. The van der Waals surface area contributed by atoms with Gasteiger partial charge in [-0.25, -0.2) is 9.13 Å². The third kappa shape index (κ3) is 26.6. The van der Waals surface area contributed by atoms with E-state index in [2.05, 4.69) is 15.2 Å². The van der Waals surface area contributed by atoms with Crippen molar-refractivity contribution in [1.82, 2.24) is 10.6 Å². The fraction of sp³-hybridized carbons (Fsp3) is 0.917. The zero-order chi connectivity index (χ0) is 32.5. The Bertz CT molecular complexity index is 875. The molecule has 5 N–H and O–H groups in total. The lowest BCUT2D eigenvalue weighted by Gasteiger charge is -2.15. The predicted octanol–water partition coefficient (Wildman–Crippen LogP) is 0.869. The molecule has 16 nitrogen and oxygen atoms in total. The van der Waals surface area contributed by atoms with Crippen molar-refractivity contribution < 1.29 is 65.9 Å². The third-order valence-electron chi connectivity index (χ3n) is 5.72. The first-order chi connectivity index (χ1) is 21.0. The van der Waals surface area contributed by atoms with Crippen molar-refractivity contribution in [1.29, 1.82) is 0 Å². The summed E-state index contributed by atoms with van der Waals surface area (Å²) in [6, 6.07) is -0.370. The van der Waals surface area contributed by atoms with Gasteiger partial charge in [0.2, 0.25) is 11.8 Å². The number of thioether (sulfide) groups is 1. The fourth-order valence-electron chi connectivity index (χ4n) is 3.55. The molecule has 256 valence electrons. The van der Waals surface area contributed by atoms with Gasteiger partial charge in [0.15, 0.2) is 0 Å². The van der Waals surface area contributed by atoms with Gasteiger partial charge < -0.3 is 44.3 Å². The minimum absolute atomic E-state index is 0.00605.